The summed E-state index contributed by atoms with van der Waals surface area (Å²) in [6.45, 7) is 0. The van der Waals surface area contributed by atoms with Gasteiger partial charge in [0.2, 0.25) is 0 Å². The Bertz CT molecular complexity index is 748. The van der Waals surface area contributed by atoms with Crippen molar-refractivity contribution in [2.75, 3.05) is 5.73 Å². The van der Waals surface area contributed by atoms with Crippen LogP contribution in [0.3, 0.4) is 0 Å². The summed E-state index contributed by atoms with van der Waals surface area (Å²) in [6.07, 6.45) is 1.64. The second kappa shape index (κ2) is 4.05. The van der Waals surface area contributed by atoms with Crippen molar-refractivity contribution in [3.8, 4) is 11.4 Å². The van der Waals surface area contributed by atoms with Crippen LogP contribution in [0.15, 0.2) is 36.5 Å². The van der Waals surface area contributed by atoms with Crippen molar-refractivity contribution < 1.29 is 4.92 Å². The number of nitrogens with one attached hydrogen (secondary N) is 1. The van der Waals surface area contributed by atoms with E-state index < -0.39 is 4.92 Å². The fourth-order valence-corrected chi connectivity index (χ4v) is 1.83. The zero-order valence-corrected chi connectivity index (χ0v) is 9.70. The molecule has 0 fully saturated rings. The molecule has 3 aromatic rings. The molecule has 19 heavy (non-hydrogen) atoms. The van der Waals surface area contributed by atoms with E-state index in [1.54, 1.807) is 18.3 Å². The number of nitro benzene ring substituents is 1. The van der Waals surface area contributed by atoms with Gasteiger partial charge in [0.1, 0.15) is 11.5 Å². The monoisotopic (exact) mass is 255 g/mol. The number of nitrogen functional groups attached to an aromatic ring is 1. The molecule has 1 aromatic carbocycles. The maximum Gasteiger partial charge on any atom is 0.292 e. The van der Waals surface area contributed by atoms with E-state index in [2.05, 4.69) is 15.0 Å². The lowest BCUT2D eigenvalue weighted by Gasteiger charge is -1.99. The minimum Gasteiger partial charge on any atom is -0.393 e. The topological polar surface area (TPSA) is 111 Å². The minimum atomic E-state index is -0.514. The van der Waals surface area contributed by atoms with Crippen LogP contribution in [-0.2, 0) is 0 Å². The van der Waals surface area contributed by atoms with Crippen molar-refractivity contribution in [1.82, 2.24) is 15.0 Å². The first-order chi connectivity index (χ1) is 9.15. The SMILES string of the molecule is Nc1ccc(-c2nc3ncccc3[nH]2)cc1[N+](=O)[O-]. The van der Waals surface area contributed by atoms with E-state index >= 15 is 0 Å². The van der Waals surface area contributed by atoms with Crippen molar-refractivity contribution in [2.45, 2.75) is 0 Å². The minimum absolute atomic E-state index is 0.128. The molecular formula is C12H9N5O2. The highest BCUT2D eigenvalue weighted by Crippen LogP contribution is 2.28. The molecule has 0 spiro atoms. The van der Waals surface area contributed by atoms with Crippen molar-refractivity contribution in [3.05, 3.63) is 46.6 Å². The molecule has 0 aliphatic carbocycles. The maximum absolute atomic E-state index is 10.9. The van der Waals surface area contributed by atoms with Crippen molar-refractivity contribution in [3.63, 3.8) is 0 Å². The van der Waals surface area contributed by atoms with Crippen LogP contribution in [0.5, 0.6) is 0 Å². The highest BCUT2D eigenvalue weighted by molar-refractivity contribution is 5.77. The molecule has 0 radical (unpaired) electrons. The van der Waals surface area contributed by atoms with Gasteiger partial charge in [-0.25, -0.2) is 9.97 Å². The van der Waals surface area contributed by atoms with E-state index in [0.29, 0.717) is 17.0 Å². The Kier molecular flexibility index (Phi) is 2.38. The second-order valence-corrected chi connectivity index (χ2v) is 3.99. The lowest BCUT2D eigenvalue weighted by molar-refractivity contribution is -0.383. The van der Waals surface area contributed by atoms with Crippen LogP contribution < -0.4 is 5.73 Å². The number of aromatic nitrogens is 3. The number of fused-ring (bicyclic) bond motifs is 1. The zero-order chi connectivity index (χ0) is 13.4. The molecule has 94 valence electrons. The quantitative estimate of drug-likeness (QED) is 0.414. The van der Waals surface area contributed by atoms with Gasteiger partial charge in [-0.05, 0) is 24.3 Å². The van der Waals surface area contributed by atoms with E-state index in [1.807, 2.05) is 6.07 Å². The number of nitro groups is 1. The molecule has 0 unspecified atom stereocenters. The van der Waals surface area contributed by atoms with E-state index in [0.717, 1.165) is 5.52 Å². The summed E-state index contributed by atoms with van der Waals surface area (Å²) in [5.41, 5.74) is 7.49. The summed E-state index contributed by atoms with van der Waals surface area (Å²) in [4.78, 5) is 21.8. The number of H-pyrrole nitrogens is 1. The summed E-state index contributed by atoms with van der Waals surface area (Å²) in [5.74, 6) is 0.525. The number of rotatable bonds is 2. The molecule has 3 rings (SSSR count). The van der Waals surface area contributed by atoms with Crippen LogP contribution in [-0.4, -0.2) is 19.9 Å². The smallest absolute Gasteiger partial charge is 0.292 e. The fraction of sp³-hybridized carbons (Fsp3) is 0. The summed E-state index contributed by atoms with van der Waals surface area (Å²) in [6, 6.07) is 8.20. The number of nitrogens with zero attached hydrogens (tertiary/aromatic N) is 3. The number of anilines is 1. The Labute approximate surface area is 107 Å². The Morgan fingerprint density at radius 3 is 2.89 bits per heavy atom. The number of benzene rings is 1. The number of imidazole rings is 1. The molecule has 0 saturated carbocycles. The van der Waals surface area contributed by atoms with E-state index in [-0.39, 0.29) is 11.4 Å². The molecule has 2 aromatic heterocycles. The average molecular weight is 255 g/mol. The summed E-state index contributed by atoms with van der Waals surface area (Å²) in [5, 5.41) is 10.9. The molecule has 0 amide bonds. The third-order valence-corrected chi connectivity index (χ3v) is 2.76. The van der Waals surface area contributed by atoms with Crippen molar-refractivity contribution in [2.24, 2.45) is 0 Å². The molecular weight excluding hydrogens is 246 g/mol. The largest absolute Gasteiger partial charge is 0.393 e. The van der Waals surface area contributed by atoms with Gasteiger partial charge in [-0.1, -0.05) is 0 Å². The second-order valence-electron chi connectivity index (χ2n) is 3.99. The van der Waals surface area contributed by atoms with Crippen LogP contribution in [0.4, 0.5) is 11.4 Å². The van der Waals surface area contributed by atoms with Gasteiger partial charge in [0.15, 0.2) is 5.65 Å². The number of nitrogens with two attached hydrogens (primary N) is 1. The highest BCUT2D eigenvalue weighted by atomic mass is 16.6. The molecule has 0 atom stereocenters. The highest BCUT2D eigenvalue weighted by Gasteiger charge is 2.14. The summed E-state index contributed by atoms with van der Waals surface area (Å²) in [7, 11) is 0. The normalized spacial score (nSPS) is 10.7. The van der Waals surface area contributed by atoms with Gasteiger partial charge in [-0.15, -0.1) is 0 Å². The Morgan fingerprint density at radius 1 is 1.32 bits per heavy atom. The van der Waals surface area contributed by atoms with Gasteiger partial charge >= 0.3 is 0 Å². The van der Waals surface area contributed by atoms with Gasteiger partial charge in [0, 0.05) is 17.8 Å². The van der Waals surface area contributed by atoms with Gasteiger partial charge in [0.05, 0.1) is 10.4 Å². The molecule has 3 N–H and O–H groups in total. The number of hydrogen-bond acceptors (Lipinski definition) is 5. The Hall–Kier alpha value is -2.96. The summed E-state index contributed by atoms with van der Waals surface area (Å²) < 4.78 is 0. The number of pyridine rings is 1. The molecule has 7 heteroatoms. The lowest BCUT2D eigenvalue weighted by atomic mass is 10.1. The van der Waals surface area contributed by atoms with Crippen LogP contribution in [0.1, 0.15) is 0 Å². The third kappa shape index (κ3) is 1.86. The van der Waals surface area contributed by atoms with Crippen molar-refractivity contribution in [1.29, 1.82) is 0 Å². The lowest BCUT2D eigenvalue weighted by Crippen LogP contribution is -1.96. The third-order valence-electron chi connectivity index (χ3n) is 2.76. The van der Waals surface area contributed by atoms with E-state index in [4.69, 9.17) is 5.73 Å². The van der Waals surface area contributed by atoms with Gasteiger partial charge < -0.3 is 10.7 Å². The van der Waals surface area contributed by atoms with E-state index in [9.17, 15) is 10.1 Å². The molecule has 7 nitrogen and oxygen atoms in total. The first-order valence-electron chi connectivity index (χ1n) is 5.50. The molecule has 2 heterocycles. The predicted octanol–water partition coefficient (Wildman–Crippen LogP) is 2.12. The fourth-order valence-electron chi connectivity index (χ4n) is 1.83. The average Bonchev–Trinajstić information content (AvgIpc) is 2.82. The Morgan fingerprint density at radius 2 is 2.16 bits per heavy atom. The van der Waals surface area contributed by atoms with Crippen LogP contribution in [0.25, 0.3) is 22.6 Å². The maximum atomic E-state index is 10.9. The molecule has 0 aliphatic rings. The zero-order valence-electron chi connectivity index (χ0n) is 9.70. The standard InChI is InChI=1S/C12H9N5O2/c13-8-4-3-7(6-10(8)17(18)19)11-15-9-2-1-5-14-12(9)16-11/h1-6H,13H2,(H,14,15,16). The van der Waals surface area contributed by atoms with Crippen LogP contribution >= 0.6 is 0 Å². The summed E-state index contributed by atoms with van der Waals surface area (Å²) >= 11 is 0. The first kappa shape index (κ1) is 11.1. The van der Waals surface area contributed by atoms with Crippen molar-refractivity contribution >= 4 is 22.5 Å². The first-order valence-corrected chi connectivity index (χ1v) is 5.50. The van der Waals surface area contributed by atoms with Gasteiger partial charge in [-0.2, -0.15) is 0 Å². The number of aromatic amines is 1. The van der Waals surface area contributed by atoms with Gasteiger partial charge in [0.25, 0.3) is 5.69 Å². The Balaban J connectivity index is 2.16. The predicted molar refractivity (Wildman–Crippen MR) is 70.4 cm³/mol. The molecule has 0 aliphatic heterocycles. The van der Waals surface area contributed by atoms with E-state index in [1.165, 1.54) is 12.1 Å². The van der Waals surface area contributed by atoms with Crippen LogP contribution in [0.2, 0.25) is 0 Å². The molecule has 0 saturated heterocycles. The van der Waals surface area contributed by atoms with Crippen LogP contribution in [0, 0.1) is 10.1 Å². The number of hydrogen-bond donors (Lipinski definition) is 2. The van der Waals surface area contributed by atoms with Gasteiger partial charge in [-0.3, -0.25) is 10.1 Å². The molecule has 0 bridgehead atoms.